The molecule has 0 radical (unpaired) electrons. The maximum Gasteiger partial charge on any atom is 0.228 e. The van der Waals surface area contributed by atoms with Crippen LogP contribution >= 0.6 is 0 Å². The van der Waals surface area contributed by atoms with E-state index in [0.29, 0.717) is 18.1 Å². The standard InChI is InChI=1S/C14H18FN3O/c1-3-4-11(16)8-13-17-14(18-19-13)12-6-5-10(15)7-9(12)2/h5-7,11H,3-4,8,16H2,1-2H3. The second kappa shape index (κ2) is 5.93. The molecule has 5 heteroatoms. The summed E-state index contributed by atoms with van der Waals surface area (Å²) in [4.78, 5) is 4.31. The highest BCUT2D eigenvalue weighted by Gasteiger charge is 2.13. The summed E-state index contributed by atoms with van der Waals surface area (Å²) in [5.74, 6) is 0.741. The summed E-state index contributed by atoms with van der Waals surface area (Å²) in [6.45, 7) is 3.90. The van der Waals surface area contributed by atoms with Crippen molar-refractivity contribution in [2.45, 2.75) is 39.2 Å². The molecule has 0 fully saturated rings. The third kappa shape index (κ3) is 3.38. The predicted octanol–water partition coefficient (Wildman–Crippen LogP) is 2.85. The molecule has 2 rings (SSSR count). The lowest BCUT2D eigenvalue weighted by Gasteiger charge is -2.05. The summed E-state index contributed by atoms with van der Waals surface area (Å²) < 4.78 is 18.2. The minimum atomic E-state index is -0.269. The third-order valence-corrected chi connectivity index (χ3v) is 2.99. The SMILES string of the molecule is CCCC(N)Cc1nc(-c2ccc(F)cc2C)no1. The molecule has 2 N–H and O–H groups in total. The lowest BCUT2D eigenvalue weighted by atomic mass is 10.1. The average Bonchev–Trinajstić information content (AvgIpc) is 2.77. The Labute approximate surface area is 111 Å². The van der Waals surface area contributed by atoms with Crippen LogP contribution in [0.15, 0.2) is 22.7 Å². The molecular formula is C14H18FN3O. The topological polar surface area (TPSA) is 64.9 Å². The third-order valence-electron chi connectivity index (χ3n) is 2.99. The van der Waals surface area contributed by atoms with Crippen molar-refractivity contribution in [3.8, 4) is 11.4 Å². The van der Waals surface area contributed by atoms with Crippen LogP contribution in [0, 0.1) is 12.7 Å². The van der Waals surface area contributed by atoms with E-state index in [0.717, 1.165) is 24.0 Å². The van der Waals surface area contributed by atoms with Crippen molar-refractivity contribution in [1.29, 1.82) is 0 Å². The van der Waals surface area contributed by atoms with Crippen molar-refractivity contribution >= 4 is 0 Å². The molecule has 0 aliphatic rings. The first-order chi connectivity index (χ1) is 9.10. The van der Waals surface area contributed by atoms with Gasteiger partial charge in [-0.3, -0.25) is 0 Å². The number of aryl methyl sites for hydroxylation is 1. The molecule has 1 aromatic carbocycles. The van der Waals surface area contributed by atoms with Crippen LogP contribution in [-0.4, -0.2) is 16.2 Å². The number of hydrogen-bond donors (Lipinski definition) is 1. The van der Waals surface area contributed by atoms with Crippen LogP contribution in [0.2, 0.25) is 0 Å². The smallest absolute Gasteiger partial charge is 0.228 e. The largest absolute Gasteiger partial charge is 0.339 e. The summed E-state index contributed by atoms with van der Waals surface area (Å²) in [6.07, 6.45) is 2.52. The Morgan fingerprint density at radius 2 is 2.21 bits per heavy atom. The summed E-state index contributed by atoms with van der Waals surface area (Å²) in [5.41, 5.74) is 7.50. The van der Waals surface area contributed by atoms with E-state index in [1.807, 2.05) is 6.92 Å². The first-order valence-corrected chi connectivity index (χ1v) is 6.45. The number of benzene rings is 1. The maximum absolute atomic E-state index is 13.0. The van der Waals surface area contributed by atoms with Gasteiger partial charge in [-0.25, -0.2) is 4.39 Å². The quantitative estimate of drug-likeness (QED) is 0.900. The number of halogens is 1. The molecule has 0 aliphatic carbocycles. The van der Waals surface area contributed by atoms with Crippen molar-refractivity contribution < 1.29 is 8.91 Å². The summed E-state index contributed by atoms with van der Waals surface area (Å²) in [6, 6.07) is 4.54. The van der Waals surface area contributed by atoms with Crippen LogP contribution in [0.1, 0.15) is 31.2 Å². The molecule has 19 heavy (non-hydrogen) atoms. The summed E-state index contributed by atoms with van der Waals surface area (Å²) in [7, 11) is 0. The van der Waals surface area contributed by atoms with Gasteiger partial charge < -0.3 is 10.3 Å². The van der Waals surface area contributed by atoms with E-state index in [1.54, 1.807) is 6.07 Å². The molecule has 0 aliphatic heterocycles. The molecule has 0 saturated carbocycles. The van der Waals surface area contributed by atoms with Crippen molar-refractivity contribution in [3.05, 3.63) is 35.5 Å². The van der Waals surface area contributed by atoms with Crippen LogP contribution in [0.3, 0.4) is 0 Å². The molecule has 0 amide bonds. The van der Waals surface area contributed by atoms with Gasteiger partial charge in [0.15, 0.2) is 0 Å². The molecule has 1 unspecified atom stereocenters. The number of aromatic nitrogens is 2. The van der Waals surface area contributed by atoms with Crippen molar-refractivity contribution in [1.82, 2.24) is 10.1 Å². The highest BCUT2D eigenvalue weighted by Crippen LogP contribution is 2.21. The Morgan fingerprint density at radius 3 is 2.89 bits per heavy atom. The molecule has 102 valence electrons. The molecule has 0 spiro atoms. The Kier molecular flexibility index (Phi) is 4.27. The van der Waals surface area contributed by atoms with Gasteiger partial charge in [-0.2, -0.15) is 4.98 Å². The van der Waals surface area contributed by atoms with Gasteiger partial charge in [0.1, 0.15) is 5.82 Å². The maximum atomic E-state index is 13.0. The van der Waals surface area contributed by atoms with E-state index in [4.69, 9.17) is 10.3 Å². The second-order valence-electron chi connectivity index (χ2n) is 4.72. The van der Waals surface area contributed by atoms with E-state index >= 15 is 0 Å². The van der Waals surface area contributed by atoms with Crippen LogP contribution in [0.4, 0.5) is 4.39 Å². The van der Waals surface area contributed by atoms with E-state index in [2.05, 4.69) is 17.1 Å². The van der Waals surface area contributed by atoms with Gasteiger partial charge in [0.25, 0.3) is 0 Å². The number of rotatable bonds is 5. The van der Waals surface area contributed by atoms with Gasteiger partial charge in [-0.1, -0.05) is 18.5 Å². The van der Waals surface area contributed by atoms with Gasteiger partial charge >= 0.3 is 0 Å². The van der Waals surface area contributed by atoms with Crippen LogP contribution in [0.25, 0.3) is 11.4 Å². The second-order valence-corrected chi connectivity index (χ2v) is 4.72. The van der Waals surface area contributed by atoms with Crippen molar-refractivity contribution in [2.24, 2.45) is 5.73 Å². The Bertz CT molecular complexity index is 553. The lowest BCUT2D eigenvalue weighted by Crippen LogP contribution is -2.22. The first kappa shape index (κ1) is 13.7. The van der Waals surface area contributed by atoms with Gasteiger partial charge in [0.05, 0.1) is 0 Å². The minimum absolute atomic E-state index is 0.0348. The molecular weight excluding hydrogens is 245 g/mol. The van der Waals surface area contributed by atoms with Gasteiger partial charge in [0.2, 0.25) is 11.7 Å². The van der Waals surface area contributed by atoms with Crippen LogP contribution < -0.4 is 5.73 Å². The summed E-state index contributed by atoms with van der Waals surface area (Å²) >= 11 is 0. The van der Waals surface area contributed by atoms with E-state index < -0.39 is 0 Å². The van der Waals surface area contributed by atoms with Crippen molar-refractivity contribution in [2.75, 3.05) is 0 Å². The van der Waals surface area contributed by atoms with Gasteiger partial charge in [-0.05, 0) is 37.1 Å². The highest BCUT2D eigenvalue weighted by atomic mass is 19.1. The zero-order valence-electron chi connectivity index (χ0n) is 11.2. The fourth-order valence-corrected chi connectivity index (χ4v) is 2.02. The molecule has 0 bridgehead atoms. The molecule has 1 heterocycles. The zero-order chi connectivity index (χ0) is 13.8. The normalized spacial score (nSPS) is 12.6. The number of nitrogens with zero attached hydrogens (tertiary/aromatic N) is 2. The molecule has 2 aromatic rings. The number of hydrogen-bond acceptors (Lipinski definition) is 4. The zero-order valence-corrected chi connectivity index (χ0v) is 11.2. The Hall–Kier alpha value is -1.75. The molecule has 1 atom stereocenters. The molecule has 1 aromatic heterocycles. The highest BCUT2D eigenvalue weighted by molar-refractivity contribution is 5.59. The Morgan fingerprint density at radius 1 is 1.42 bits per heavy atom. The average molecular weight is 263 g/mol. The molecule has 0 saturated heterocycles. The first-order valence-electron chi connectivity index (χ1n) is 6.45. The number of nitrogens with two attached hydrogens (primary N) is 1. The van der Waals surface area contributed by atoms with E-state index in [9.17, 15) is 4.39 Å². The van der Waals surface area contributed by atoms with Gasteiger partial charge in [0, 0.05) is 18.0 Å². The lowest BCUT2D eigenvalue weighted by molar-refractivity contribution is 0.366. The Balaban J connectivity index is 2.16. The monoisotopic (exact) mass is 263 g/mol. The van der Waals surface area contributed by atoms with Gasteiger partial charge in [-0.15, -0.1) is 0 Å². The van der Waals surface area contributed by atoms with E-state index in [-0.39, 0.29) is 11.9 Å². The predicted molar refractivity (Wildman–Crippen MR) is 71.0 cm³/mol. The van der Waals surface area contributed by atoms with E-state index in [1.165, 1.54) is 12.1 Å². The fourth-order valence-electron chi connectivity index (χ4n) is 2.02. The van der Waals surface area contributed by atoms with Crippen LogP contribution in [0.5, 0.6) is 0 Å². The minimum Gasteiger partial charge on any atom is -0.339 e. The van der Waals surface area contributed by atoms with Crippen LogP contribution in [-0.2, 0) is 6.42 Å². The fraction of sp³-hybridized carbons (Fsp3) is 0.429. The van der Waals surface area contributed by atoms with Crippen molar-refractivity contribution in [3.63, 3.8) is 0 Å². The molecule has 4 nitrogen and oxygen atoms in total. The summed E-state index contributed by atoms with van der Waals surface area (Å²) in [5, 5.41) is 3.93.